The predicted octanol–water partition coefficient (Wildman–Crippen LogP) is 3.18. The summed E-state index contributed by atoms with van der Waals surface area (Å²) in [6, 6.07) is 0.304. The zero-order chi connectivity index (χ0) is 12.4. The van der Waals surface area contributed by atoms with Crippen molar-refractivity contribution in [3.05, 3.63) is 11.7 Å². The molecule has 0 spiro atoms. The van der Waals surface area contributed by atoms with Gasteiger partial charge in [-0.25, -0.2) is 0 Å². The Morgan fingerprint density at radius 1 is 1.22 bits per heavy atom. The first-order chi connectivity index (χ1) is 8.86. The van der Waals surface area contributed by atoms with E-state index in [0.29, 0.717) is 12.0 Å². The van der Waals surface area contributed by atoms with E-state index in [0.717, 1.165) is 30.6 Å². The summed E-state index contributed by atoms with van der Waals surface area (Å²) in [5, 5.41) is 7.62. The molecule has 1 aliphatic carbocycles. The molecule has 1 saturated carbocycles. The zero-order valence-corrected chi connectivity index (χ0v) is 11.2. The molecular formula is C14H23N3O. The van der Waals surface area contributed by atoms with Gasteiger partial charge in [-0.3, -0.25) is 0 Å². The number of nitrogens with zero attached hydrogens (tertiary/aromatic N) is 2. The molecule has 1 N–H and O–H groups in total. The highest BCUT2D eigenvalue weighted by Crippen LogP contribution is 2.36. The van der Waals surface area contributed by atoms with Crippen molar-refractivity contribution in [3.63, 3.8) is 0 Å². The largest absolute Gasteiger partial charge is 0.338 e. The van der Waals surface area contributed by atoms with Gasteiger partial charge in [-0.1, -0.05) is 18.5 Å². The molecule has 0 unspecified atom stereocenters. The topological polar surface area (TPSA) is 51.0 Å². The first kappa shape index (κ1) is 12.2. The highest BCUT2D eigenvalue weighted by atomic mass is 16.5. The molecule has 1 atom stereocenters. The van der Waals surface area contributed by atoms with Crippen LogP contribution < -0.4 is 5.32 Å². The predicted molar refractivity (Wildman–Crippen MR) is 69.3 cm³/mol. The molecule has 100 valence electrons. The van der Waals surface area contributed by atoms with Gasteiger partial charge in [0.25, 0.3) is 0 Å². The molecular weight excluding hydrogens is 226 g/mol. The van der Waals surface area contributed by atoms with Gasteiger partial charge in [0.2, 0.25) is 5.89 Å². The molecule has 0 amide bonds. The molecule has 3 rings (SSSR count). The van der Waals surface area contributed by atoms with Crippen LogP contribution in [0.4, 0.5) is 0 Å². The van der Waals surface area contributed by atoms with Crippen LogP contribution >= 0.6 is 0 Å². The molecule has 18 heavy (non-hydrogen) atoms. The molecule has 2 fully saturated rings. The maximum absolute atomic E-state index is 5.43. The van der Waals surface area contributed by atoms with E-state index in [2.05, 4.69) is 22.4 Å². The third kappa shape index (κ3) is 2.44. The van der Waals surface area contributed by atoms with Crippen LogP contribution in [0.2, 0.25) is 0 Å². The van der Waals surface area contributed by atoms with Gasteiger partial charge in [-0.2, -0.15) is 4.98 Å². The van der Waals surface area contributed by atoms with Gasteiger partial charge < -0.3 is 9.84 Å². The molecule has 0 radical (unpaired) electrons. The molecule has 4 nitrogen and oxygen atoms in total. The second-order valence-electron chi connectivity index (χ2n) is 5.77. The van der Waals surface area contributed by atoms with Crippen LogP contribution in [-0.4, -0.2) is 16.7 Å². The third-order valence-corrected chi connectivity index (χ3v) is 4.61. The summed E-state index contributed by atoms with van der Waals surface area (Å²) < 4.78 is 5.43. The van der Waals surface area contributed by atoms with Crippen molar-refractivity contribution in [2.75, 3.05) is 6.54 Å². The summed E-state index contributed by atoms with van der Waals surface area (Å²) >= 11 is 0. The maximum atomic E-state index is 5.43. The Kier molecular flexibility index (Phi) is 3.64. The van der Waals surface area contributed by atoms with Crippen LogP contribution in [-0.2, 0) is 0 Å². The van der Waals surface area contributed by atoms with Crippen molar-refractivity contribution < 1.29 is 4.52 Å². The highest BCUT2D eigenvalue weighted by Gasteiger charge is 2.27. The van der Waals surface area contributed by atoms with Gasteiger partial charge in [0.1, 0.15) is 0 Å². The van der Waals surface area contributed by atoms with E-state index in [9.17, 15) is 0 Å². The molecule has 0 bridgehead atoms. The summed E-state index contributed by atoms with van der Waals surface area (Å²) in [7, 11) is 0. The average molecular weight is 249 g/mol. The summed E-state index contributed by atoms with van der Waals surface area (Å²) in [5.74, 6) is 3.21. The van der Waals surface area contributed by atoms with Crippen LogP contribution in [0.1, 0.15) is 75.5 Å². The van der Waals surface area contributed by atoms with Crippen LogP contribution in [0, 0.1) is 5.92 Å². The number of nitrogens with one attached hydrogen (secondary N) is 1. The molecule has 4 heteroatoms. The molecule has 1 saturated heterocycles. The second kappa shape index (κ2) is 5.39. The van der Waals surface area contributed by atoms with E-state index in [4.69, 9.17) is 4.52 Å². The van der Waals surface area contributed by atoms with Crippen molar-refractivity contribution >= 4 is 0 Å². The Morgan fingerprint density at radius 3 is 2.72 bits per heavy atom. The van der Waals surface area contributed by atoms with Gasteiger partial charge in [0.05, 0.1) is 6.04 Å². The van der Waals surface area contributed by atoms with E-state index >= 15 is 0 Å². The van der Waals surface area contributed by atoms with Crippen molar-refractivity contribution in [2.45, 2.75) is 63.8 Å². The van der Waals surface area contributed by atoms with Crippen LogP contribution in [0.5, 0.6) is 0 Å². The number of aromatic nitrogens is 2. The Morgan fingerprint density at radius 2 is 2.06 bits per heavy atom. The molecule has 2 heterocycles. The number of rotatable bonds is 3. The summed E-state index contributed by atoms with van der Waals surface area (Å²) in [6.45, 7) is 3.37. The quantitative estimate of drug-likeness (QED) is 0.894. The molecule has 1 aromatic rings. The second-order valence-corrected chi connectivity index (χ2v) is 5.77. The summed E-state index contributed by atoms with van der Waals surface area (Å²) in [6.07, 6.45) is 8.77. The number of hydrogen-bond donors (Lipinski definition) is 1. The number of hydrogen-bond acceptors (Lipinski definition) is 4. The van der Waals surface area contributed by atoms with E-state index in [1.54, 1.807) is 0 Å². The minimum absolute atomic E-state index is 0.304. The fourth-order valence-corrected chi connectivity index (χ4v) is 3.28. The highest BCUT2D eigenvalue weighted by molar-refractivity contribution is 5.01. The van der Waals surface area contributed by atoms with Crippen LogP contribution in [0.15, 0.2) is 4.52 Å². The van der Waals surface area contributed by atoms with Crippen LogP contribution in [0.3, 0.4) is 0 Å². The van der Waals surface area contributed by atoms with E-state index in [1.807, 2.05) is 0 Å². The Hall–Kier alpha value is -0.900. The smallest absolute Gasteiger partial charge is 0.243 e. The van der Waals surface area contributed by atoms with Crippen molar-refractivity contribution in [1.82, 2.24) is 15.5 Å². The van der Waals surface area contributed by atoms with Gasteiger partial charge in [0, 0.05) is 5.92 Å². The normalized spacial score (nSPS) is 32.8. The summed E-state index contributed by atoms with van der Waals surface area (Å²) in [5.41, 5.74) is 0. The maximum Gasteiger partial charge on any atom is 0.243 e. The molecule has 1 aromatic heterocycles. The Balaban J connectivity index is 1.62. The molecule has 1 aliphatic heterocycles. The Labute approximate surface area is 109 Å². The lowest BCUT2D eigenvalue weighted by Crippen LogP contribution is -2.15. The van der Waals surface area contributed by atoms with E-state index in [1.165, 1.54) is 38.5 Å². The lowest BCUT2D eigenvalue weighted by atomic mass is 9.80. The first-order valence-electron chi connectivity index (χ1n) is 7.43. The van der Waals surface area contributed by atoms with Gasteiger partial charge in [0.15, 0.2) is 5.82 Å². The van der Waals surface area contributed by atoms with E-state index in [-0.39, 0.29) is 0 Å². The third-order valence-electron chi connectivity index (χ3n) is 4.61. The first-order valence-corrected chi connectivity index (χ1v) is 7.43. The van der Waals surface area contributed by atoms with Crippen molar-refractivity contribution in [3.8, 4) is 0 Å². The minimum Gasteiger partial charge on any atom is -0.338 e. The zero-order valence-electron chi connectivity index (χ0n) is 11.2. The lowest BCUT2D eigenvalue weighted by molar-refractivity contribution is 0.300. The van der Waals surface area contributed by atoms with Crippen molar-refractivity contribution in [2.24, 2.45) is 5.92 Å². The van der Waals surface area contributed by atoms with Gasteiger partial charge >= 0.3 is 0 Å². The Bertz CT molecular complexity index is 376. The average Bonchev–Trinajstić information content (AvgIpc) is 3.09. The monoisotopic (exact) mass is 249 g/mol. The fraction of sp³-hybridized carbons (Fsp3) is 0.857. The fourth-order valence-electron chi connectivity index (χ4n) is 3.28. The van der Waals surface area contributed by atoms with Gasteiger partial charge in [-0.05, 0) is 51.0 Å². The van der Waals surface area contributed by atoms with Crippen molar-refractivity contribution in [1.29, 1.82) is 0 Å². The minimum atomic E-state index is 0.304. The molecule has 0 aromatic carbocycles. The lowest BCUT2D eigenvalue weighted by Gasteiger charge is -2.25. The van der Waals surface area contributed by atoms with Gasteiger partial charge in [-0.15, -0.1) is 0 Å². The molecule has 2 aliphatic rings. The van der Waals surface area contributed by atoms with E-state index < -0.39 is 0 Å². The summed E-state index contributed by atoms with van der Waals surface area (Å²) in [4.78, 5) is 4.63. The standard InChI is InChI=1S/C14H23N3O/c1-2-10-5-7-11(8-6-10)13-16-14(18-17-13)12-4-3-9-15-12/h10-12,15H,2-9H2,1H3/t10?,11?,12-/m0/s1. The van der Waals surface area contributed by atoms with Crippen LogP contribution in [0.25, 0.3) is 0 Å². The SMILES string of the molecule is CCC1CCC(c2noc([C@@H]3CCCN3)n2)CC1.